The van der Waals surface area contributed by atoms with Crippen LogP contribution in [-0.2, 0) is 23.6 Å². The van der Waals surface area contributed by atoms with Crippen molar-refractivity contribution < 1.29 is 14.7 Å². The minimum atomic E-state index is -0.464. The number of oxime groups is 1. The number of hydrogen-bond acceptors (Lipinski definition) is 6. The van der Waals surface area contributed by atoms with Crippen LogP contribution in [0, 0.1) is 12.8 Å². The molecular weight excluding hydrogens is 428 g/mol. The van der Waals surface area contributed by atoms with Gasteiger partial charge in [-0.2, -0.15) is 0 Å². The number of imidazole rings is 1. The first-order valence-electron chi connectivity index (χ1n) is 11.8. The quantitative estimate of drug-likeness (QED) is 0.624. The Labute approximate surface area is 198 Å². The van der Waals surface area contributed by atoms with E-state index in [0.717, 1.165) is 48.6 Å². The molecule has 1 aliphatic carbocycles. The van der Waals surface area contributed by atoms with Gasteiger partial charge in [-0.15, -0.1) is 0 Å². The fourth-order valence-corrected chi connectivity index (χ4v) is 5.69. The van der Waals surface area contributed by atoms with Gasteiger partial charge in [0.15, 0.2) is 5.84 Å². The highest BCUT2D eigenvalue weighted by Crippen LogP contribution is 2.53. The molecule has 1 N–H and O–H groups in total. The van der Waals surface area contributed by atoms with E-state index >= 15 is 0 Å². The van der Waals surface area contributed by atoms with E-state index < -0.39 is 5.72 Å². The molecule has 0 amide bonds. The molecule has 2 aliphatic heterocycles. The first-order chi connectivity index (χ1) is 16.6. The molecule has 7 heteroatoms. The lowest BCUT2D eigenvalue weighted by molar-refractivity contribution is -0.155. The molecular formula is C27H28N4O3. The predicted molar refractivity (Wildman–Crippen MR) is 130 cm³/mol. The second-order valence-electron chi connectivity index (χ2n) is 9.29. The summed E-state index contributed by atoms with van der Waals surface area (Å²) in [5.74, 6) is 2.01. The van der Waals surface area contributed by atoms with E-state index in [0.29, 0.717) is 11.6 Å². The van der Waals surface area contributed by atoms with Gasteiger partial charge >= 0.3 is 0 Å². The highest BCUT2D eigenvalue weighted by Gasteiger charge is 2.58. The molecule has 2 aromatic carbocycles. The molecule has 1 fully saturated rings. The normalized spacial score (nSPS) is 22.9. The van der Waals surface area contributed by atoms with Crippen molar-refractivity contribution in [2.75, 3.05) is 13.7 Å². The Kier molecular flexibility index (Phi) is 4.95. The Morgan fingerprint density at radius 2 is 2.15 bits per heavy atom. The van der Waals surface area contributed by atoms with Crippen LogP contribution >= 0.6 is 0 Å². The van der Waals surface area contributed by atoms with Crippen molar-refractivity contribution in [1.29, 1.82) is 0 Å². The molecule has 0 saturated carbocycles. The van der Waals surface area contributed by atoms with Crippen LogP contribution in [0.2, 0.25) is 0 Å². The van der Waals surface area contributed by atoms with Gasteiger partial charge in [0.05, 0.1) is 31.4 Å². The second-order valence-corrected chi connectivity index (χ2v) is 9.29. The molecule has 7 nitrogen and oxygen atoms in total. The van der Waals surface area contributed by atoms with Gasteiger partial charge in [0.25, 0.3) is 0 Å². The number of benzene rings is 2. The second kappa shape index (κ2) is 8.02. The van der Waals surface area contributed by atoms with E-state index in [1.165, 1.54) is 16.7 Å². The van der Waals surface area contributed by atoms with Crippen LogP contribution in [0.5, 0.6) is 5.75 Å². The molecule has 34 heavy (non-hydrogen) atoms. The summed E-state index contributed by atoms with van der Waals surface area (Å²) >= 11 is 0. The number of amidine groups is 1. The molecule has 174 valence electrons. The molecule has 0 unspecified atom stereocenters. The zero-order valence-electron chi connectivity index (χ0n) is 19.4. The van der Waals surface area contributed by atoms with Crippen molar-refractivity contribution in [2.24, 2.45) is 11.1 Å². The molecule has 6 rings (SSSR count). The molecule has 3 aromatic rings. The van der Waals surface area contributed by atoms with Crippen LogP contribution in [0.25, 0.3) is 11.8 Å². The average Bonchev–Trinajstić information content (AvgIpc) is 3.56. The van der Waals surface area contributed by atoms with Crippen LogP contribution in [0.1, 0.15) is 40.8 Å². The van der Waals surface area contributed by atoms with Gasteiger partial charge in [-0.25, -0.2) is 4.98 Å². The monoisotopic (exact) mass is 456 g/mol. The van der Waals surface area contributed by atoms with E-state index in [-0.39, 0.29) is 6.61 Å². The maximum Gasteiger partial charge on any atom is 0.240 e. The topological polar surface area (TPSA) is 72.1 Å². The highest BCUT2D eigenvalue weighted by molar-refractivity contribution is 5.97. The molecule has 0 bridgehead atoms. The number of aliphatic hydroxyl groups excluding tert-OH is 1. The Morgan fingerprint density at radius 3 is 2.97 bits per heavy atom. The lowest BCUT2D eigenvalue weighted by Crippen LogP contribution is -2.52. The predicted octanol–water partition coefficient (Wildman–Crippen LogP) is 4.16. The Balaban J connectivity index is 1.28. The minimum Gasteiger partial charge on any atom is -0.495 e. The van der Waals surface area contributed by atoms with E-state index in [1.54, 1.807) is 19.6 Å². The number of aryl methyl sites for hydroxylation is 1. The number of piperidine rings is 1. The average molecular weight is 457 g/mol. The smallest absolute Gasteiger partial charge is 0.240 e. The van der Waals surface area contributed by atoms with Crippen molar-refractivity contribution >= 4 is 11.9 Å². The maximum absolute atomic E-state index is 9.31. The molecule has 3 aliphatic rings. The third-order valence-corrected chi connectivity index (χ3v) is 7.26. The summed E-state index contributed by atoms with van der Waals surface area (Å²) in [5, 5.41) is 13.9. The Morgan fingerprint density at radius 1 is 1.24 bits per heavy atom. The first-order valence-corrected chi connectivity index (χ1v) is 11.8. The number of rotatable bonds is 5. The Hall–Kier alpha value is -3.58. The van der Waals surface area contributed by atoms with Crippen LogP contribution in [0.4, 0.5) is 0 Å². The molecule has 1 saturated heterocycles. The first kappa shape index (κ1) is 21.0. The fourth-order valence-electron chi connectivity index (χ4n) is 5.69. The molecule has 0 radical (unpaired) electrons. The molecule has 1 aromatic heterocycles. The summed E-state index contributed by atoms with van der Waals surface area (Å²) in [6, 6.07) is 12.7. The largest absolute Gasteiger partial charge is 0.495 e. The van der Waals surface area contributed by atoms with Crippen molar-refractivity contribution in [2.45, 2.75) is 38.5 Å². The summed E-state index contributed by atoms with van der Waals surface area (Å²) in [4.78, 5) is 12.8. The van der Waals surface area contributed by atoms with Crippen LogP contribution < -0.4 is 4.74 Å². The molecule has 3 heterocycles. The van der Waals surface area contributed by atoms with E-state index in [4.69, 9.17) is 9.57 Å². The van der Waals surface area contributed by atoms with E-state index in [1.807, 2.05) is 28.8 Å². The van der Waals surface area contributed by atoms with Gasteiger partial charge < -0.3 is 24.1 Å². The lowest BCUT2D eigenvalue weighted by atomic mass is 9.86. The van der Waals surface area contributed by atoms with Crippen LogP contribution in [0.3, 0.4) is 0 Å². The maximum atomic E-state index is 9.31. The lowest BCUT2D eigenvalue weighted by Gasteiger charge is -2.43. The third kappa shape index (κ3) is 3.15. The van der Waals surface area contributed by atoms with Crippen molar-refractivity contribution in [1.82, 2.24) is 14.5 Å². The van der Waals surface area contributed by atoms with Gasteiger partial charge in [-0.05, 0) is 55.5 Å². The number of hydrogen-bond donors (Lipinski definition) is 1. The van der Waals surface area contributed by atoms with Crippen molar-refractivity contribution in [3.63, 3.8) is 0 Å². The number of fused-ring (bicyclic) bond motifs is 1. The van der Waals surface area contributed by atoms with E-state index in [9.17, 15) is 5.11 Å². The summed E-state index contributed by atoms with van der Waals surface area (Å²) in [7, 11) is 1.65. The van der Waals surface area contributed by atoms with Gasteiger partial charge in [-0.1, -0.05) is 41.1 Å². The highest BCUT2D eigenvalue weighted by atomic mass is 16.7. The third-order valence-electron chi connectivity index (χ3n) is 7.26. The summed E-state index contributed by atoms with van der Waals surface area (Å²) in [6.45, 7) is 2.99. The SMILES string of the molecule is COc1cc(/C=C/C2=NO[C@@]34c5ccc(C)cc5C[C@@H]3CCCN24)ccc1-n1cnc(CO)c1. The number of aliphatic hydroxyl groups is 1. The number of methoxy groups -OCH3 is 1. The zero-order valence-corrected chi connectivity index (χ0v) is 19.4. The van der Waals surface area contributed by atoms with E-state index in [2.05, 4.69) is 46.2 Å². The number of ether oxygens (including phenoxy) is 1. The summed E-state index contributed by atoms with van der Waals surface area (Å²) in [5.41, 5.74) is 5.97. The van der Waals surface area contributed by atoms with Gasteiger partial charge in [0.1, 0.15) is 5.75 Å². The van der Waals surface area contributed by atoms with Gasteiger partial charge in [-0.3, -0.25) is 0 Å². The van der Waals surface area contributed by atoms with Gasteiger partial charge in [0.2, 0.25) is 5.72 Å². The zero-order chi connectivity index (χ0) is 23.3. The van der Waals surface area contributed by atoms with Crippen LogP contribution in [0.15, 0.2) is 60.2 Å². The minimum absolute atomic E-state index is 0.0940. The van der Waals surface area contributed by atoms with Crippen LogP contribution in [-0.4, -0.2) is 39.0 Å². The standard InChI is InChI=1S/C27H28N4O3/c1-18-5-8-23-20(12-18)14-21-4-3-11-31-26(29-34-27(21,23)31)10-7-19-6-9-24(25(13-19)33-2)30-15-22(16-32)28-17-30/h5-10,12-13,15,17,21,32H,3-4,11,14,16H2,1-2H3/b10-7+/t21-,27+/m0/s1. The molecule has 2 atom stereocenters. The fraction of sp³-hybridized carbons (Fsp3) is 0.333. The van der Waals surface area contributed by atoms with Crippen molar-refractivity contribution in [3.05, 3.63) is 82.9 Å². The molecule has 1 spiro atoms. The summed E-state index contributed by atoms with van der Waals surface area (Å²) < 4.78 is 7.49. The van der Waals surface area contributed by atoms with Crippen molar-refractivity contribution in [3.8, 4) is 11.4 Å². The number of nitrogens with zero attached hydrogens (tertiary/aromatic N) is 4. The summed E-state index contributed by atoms with van der Waals surface area (Å²) in [6.07, 6.45) is 10.9. The Bertz CT molecular complexity index is 1310. The number of aromatic nitrogens is 2. The van der Waals surface area contributed by atoms with Gasteiger partial charge in [0, 0.05) is 24.2 Å².